The van der Waals surface area contributed by atoms with Crippen molar-refractivity contribution >= 4 is 11.7 Å². The number of amides is 1. The van der Waals surface area contributed by atoms with Gasteiger partial charge in [0.05, 0.1) is 0 Å². The first kappa shape index (κ1) is 10.5. The van der Waals surface area contributed by atoms with Crippen LogP contribution in [-0.2, 0) is 0 Å². The van der Waals surface area contributed by atoms with Gasteiger partial charge in [-0.25, -0.2) is 4.98 Å². The van der Waals surface area contributed by atoms with E-state index in [2.05, 4.69) is 15.2 Å². The highest BCUT2D eigenvalue weighted by molar-refractivity contribution is 5.91. The maximum atomic E-state index is 11.1. The monoisotopic (exact) mass is 232 g/mol. The van der Waals surface area contributed by atoms with E-state index in [-0.39, 0.29) is 0 Å². The molecule has 3 N–H and O–H groups in total. The summed E-state index contributed by atoms with van der Waals surface area (Å²) in [6.07, 6.45) is 0. The lowest BCUT2D eigenvalue weighted by Crippen LogP contribution is -2.27. The molecular formula is C12H16N4O. The minimum absolute atomic E-state index is 0.345. The van der Waals surface area contributed by atoms with Crippen molar-refractivity contribution in [3.63, 3.8) is 0 Å². The molecule has 2 atom stereocenters. The van der Waals surface area contributed by atoms with Crippen LogP contribution in [0.25, 0.3) is 0 Å². The number of primary amides is 1. The zero-order valence-corrected chi connectivity index (χ0v) is 9.60. The van der Waals surface area contributed by atoms with Gasteiger partial charge >= 0.3 is 0 Å². The molecule has 2 saturated heterocycles. The highest BCUT2D eigenvalue weighted by Gasteiger charge is 2.36. The first-order valence-corrected chi connectivity index (χ1v) is 5.96. The van der Waals surface area contributed by atoms with Gasteiger partial charge in [0.25, 0.3) is 5.91 Å². The van der Waals surface area contributed by atoms with Crippen molar-refractivity contribution in [1.29, 1.82) is 0 Å². The van der Waals surface area contributed by atoms with Gasteiger partial charge in [-0.05, 0) is 24.0 Å². The Morgan fingerprint density at radius 1 is 1.35 bits per heavy atom. The van der Waals surface area contributed by atoms with Gasteiger partial charge in [0.1, 0.15) is 11.5 Å². The van der Waals surface area contributed by atoms with Crippen LogP contribution in [-0.4, -0.2) is 37.1 Å². The third kappa shape index (κ3) is 1.86. The van der Waals surface area contributed by atoms with Crippen LogP contribution in [0.3, 0.4) is 0 Å². The van der Waals surface area contributed by atoms with E-state index in [9.17, 15) is 4.79 Å². The fourth-order valence-corrected chi connectivity index (χ4v) is 2.78. The Bertz CT molecular complexity index is 436. The molecule has 1 amide bonds. The summed E-state index contributed by atoms with van der Waals surface area (Å²) in [6, 6.07) is 5.44. The number of rotatable bonds is 2. The van der Waals surface area contributed by atoms with Gasteiger partial charge in [0, 0.05) is 26.2 Å². The van der Waals surface area contributed by atoms with E-state index in [0.717, 1.165) is 32.0 Å². The van der Waals surface area contributed by atoms with Crippen molar-refractivity contribution in [1.82, 2.24) is 10.3 Å². The van der Waals surface area contributed by atoms with Crippen molar-refractivity contribution in [2.45, 2.75) is 0 Å². The molecule has 0 aromatic carbocycles. The molecule has 90 valence electrons. The van der Waals surface area contributed by atoms with Gasteiger partial charge in [-0.3, -0.25) is 4.79 Å². The highest BCUT2D eigenvalue weighted by atomic mass is 16.1. The van der Waals surface area contributed by atoms with Gasteiger partial charge in [-0.15, -0.1) is 0 Å². The molecule has 0 saturated carbocycles. The molecular weight excluding hydrogens is 216 g/mol. The second-order valence-electron chi connectivity index (χ2n) is 4.83. The summed E-state index contributed by atoms with van der Waals surface area (Å²) in [6.45, 7) is 4.23. The lowest BCUT2D eigenvalue weighted by Gasteiger charge is -2.18. The molecule has 2 aliphatic rings. The van der Waals surface area contributed by atoms with Crippen molar-refractivity contribution in [2.75, 3.05) is 31.1 Å². The van der Waals surface area contributed by atoms with Crippen LogP contribution in [0.1, 0.15) is 10.5 Å². The largest absolute Gasteiger partial charge is 0.364 e. The minimum atomic E-state index is -0.465. The summed E-state index contributed by atoms with van der Waals surface area (Å²) in [7, 11) is 0. The predicted molar refractivity (Wildman–Crippen MR) is 64.8 cm³/mol. The molecule has 17 heavy (non-hydrogen) atoms. The molecule has 0 unspecified atom stereocenters. The topological polar surface area (TPSA) is 71.2 Å². The first-order valence-electron chi connectivity index (χ1n) is 5.96. The maximum Gasteiger partial charge on any atom is 0.267 e. The molecule has 2 fully saturated rings. The SMILES string of the molecule is NC(=O)c1cccc(N2C[C@H]3CNC[C@H]3C2)n1. The van der Waals surface area contributed by atoms with Gasteiger partial charge < -0.3 is 16.0 Å². The Hall–Kier alpha value is -1.62. The van der Waals surface area contributed by atoms with Crippen LogP contribution >= 0.6 is 0 Å². The van der Waals surface area contributed by atoms with E-state index in [4.69, 9.17) is 5.73 Å². The second-order valence-corrected chi connectivity index (χ2v) is 4.83. The van der Waals surface area contributed by atoms with E-state index in [1.165, 1.54) is 0 Å². The number of fused-ring (bicyclic) bond motifs is 1. The molecule has 0 radical (unpaired) electrons. The van der Waals surface area contributed by atoms with Crippen molar-refractivity contribution in [3.05, 3.63) is 23.9 Å². The van der Waals surface area contributed by atoms with Crippen LogP contribution in [0.5, 0.6) is 0 Å². The molecule has 2 aliphatic heterocycles. The molecule has 0 spiro atoms. The molecule has 1 aromatic rings. The number of carbonyl (C=O) groups is 1. The molecule has 3 heterocycles. The highest BCUT2D eigenvalue weighted by Crippen LogP contribution is 2.29. The summed E-state index contributed by atoms with van der Waals surface area (Å²) in [5.41, 5.74) is 5.59. The number of hydrogen-bond acceptors (Lipinski definition) is 4. The van der Waals surface area contributed by atoms with E-state index < -0.39 is 5.91 Å². The number of hydrogen-bond donors (Lipinski definition) is 2. The van der Waals surface area contributed by atoms with E-state index in [1.54, 1.807) is 6.07 Å². The van der Waals surface area contributed by atoms with Crippen LogP contribution in [0.15, 0.2) is 18.2 Å². The number of aromatic nitrogens is 1. The van der Waals surface area contributed by atoms with Crippen LogP contribution in [0, 0.1) is 11.8 Å². The Labute approximate surface area is 100 Å². The quantitative estimate of drug-likeness (QED) is 0.743. The Kier molecular flexibility index (Phi) is 2.48. The van der Waals surface area contributed by atoms with Crippen LogP contribution in [0.4, 0.5) is 5.82 Å². The fraction of sp³-hybridized carbons (Fsp3) is 0.500. The van der Waals surface area contributed by atoms with Gasteiger partial charge in [-0.1, -0.05) is 6.07 Å². The van der Waals surface area contributed by atoms with Gasteiger partial charge in [-0.2, -0.15) is 0 Å². The Morgan fingerprint density at radius 3 is 2.71 bits per heavy atom. The molecule has 5 nitrogen and oxygen atoms in total. The third-order valence-electron chi connectivity index (χ3n) is 3.70. The summed E-state index contributed by atoms with van der Waals surface area (Å²) in [5, 5.41) is 3.40. The van der Waals surface area contributed by atoms with Crippen molar-refractivity contribution in [2.24, 2.45) is 17.6 Å². The van der Waals surface area contributed by atoms with Crippen LogP contribution in [0.2, 0.25) is 0 Å². The number of carbonyl (C=O) groups excluding carboxylic acids is 1. The van der Waals surface area contributed by atoms with E-state index in [0.29, 0.717) is 17.5 Å². The second kappa shape index (κ2) is 4.00. The van der Waals surface area contributed by atoms with E-state index in [1.807, 2.05) is 12.1 Å². The third-order valence-corrected chi connectivity index (χ3v) is 3.70. The molecule has 0 bridgehead atoms. The van der Waals surface area contributed by atoms with Gasteiger partial charge in [0.2, 0.25) is 0 Å². The lowest BCUT2D eigenvalue weighted by molar-refractivity contribution is 0.0995. The number of anilines is 1. The zero-order chi connectivity index (χ0) is 11.8. The number of nitrogens with zero attached hydrogens (tertiary/aromatic N) is 2. The predicted octanol–water partition coefficient (Wildman–Crippen LogP) is -0.164. The molecule has 0 aliphatic carbocycles. The Balaban J connectivity index is 1.81. The average Bonchev–Trinajstić information content (AvgIpc) is 2.89. The fourth-order valence-electron chi connectivity index (χ4n) is 2.78. The average molecular weight is 232 g/mol. The van der Waals surface area contributed by atoms with Gasteiger partial charge in [0.15, 0.2) is 0 Å². The molecule has 3 rings (SSSR count). The number of nitrogens with two attached hydrogens (primary N) is 1. The van der Waals surface area contributed by atoms with Crippen LogP contribution < -0.4 is 16.0 Å². The standard InChI is InChI=1S/C12H16N4O/c13-12(17)10-2-1-3-11(15-10)16-6-8-4-14-5-9(8)7-16/h1-3,8-9,14H,4-7H2,(H2,13,17)/t8-,9+. The molecule has 5 heteroatoms. The van der Waals surface area contributed by atoms with Crippen molar-refractivity contribution in [3.8, 4) is 0 Å². The molecule has 1 aromatic heterocycles. The maximum absolute atomic E-state index is 11.1. The van der Waals surface area contributed by atoms with E-state index >= 15 is 0 Å². The summed E-state index contributed by atoms with van der Waals surface area (Å²) in [4.78, 5) is 17.7. The number of nitrogens with one attached hydrogen (secondary N) is 1. The zero-order valence-electron chi connectivity index (χ0n) is 9.60. The number of pyridine rings is 1. The van der Waals surface area contributed by atoms with Crippen molar-refractivity contribution < 1.29 is 4.79 Å². The normalized spacial score (nSPS) is 27.2. The summed E-state index contributed by atoms with van der Waals surface area (Å²) >= 11 is 0. The lowest BCUT2D eigenvalue weighted by atomic mass is 10.0. The summed E-state index contributed by atoms with van der Waals surface area (Å²) < 4.78 is 0. The smallest absolute Gasteiger partial charge is 0.267 e. The minimum Gasteiger partial charge on any atom is -0.364 e. The first-order chi connectivity index (χ1) is 8.24. The summed E-state index contributed by atoms with van der Waals surface area (Å²) in [5.74, 6) is 1.84. The Morgan fingerprint density at radius 2 is 2.06 bits per heavy atom.